The number of rotatable bonds is 5. The molecule has 2 aliphatic rings. The lowest BCUT2D eigenvalue weighted by molar-refractivity contribution is 0.0567. The van der Waals surface area contributed by atoms with E-state index in [1.54, 1.807) is 7.11 Å². The Kier molecular flexibility index (Phi) is 4.62. The summed E-state index contributed by atoms with van der Waals surface area (Å²) in [6, 6.07) is 1.61. The standard InChI is InChI=1S/C13H26N2O/c1-12-10-15-8-5-6-13(15)11-14(12)7-3-4-9-16-2/h12-13H,3-11H2,1-2H3. The molecule has 2 heterocycles. The molecule has 2 atom stereocenters. The summed E-state index contributed by atoms with van der Waals surface area (Å²) in [5, 5.41) is 0. The molecule has 94 valence electrons. The van der Waals surface area contributed by atoms with Crippen molar-refractivity contribution in [3.8, 4) is 0 Å². The highest BCUT2D eigenvalue weighted by Crippen LogP contribution is 2.24. The first-order valence-electron chi connectivity index (χ1n) is 6.78. The van der Waals surface area contributed by atoms with Gasteiger partial charge in [0.15, 0.2) is 0 Å². The molecule has 0 spiro atoms. The Balaban J connectivity index is 1.72. The normalized spacial score (nSPS) is 31.9. The maximum absolute atomic E-state index is 5.10. The van der Waals surface area contributed by atoms with E-state index in [0.29, 0.717) is 0 Å². The third-order valence-electron chi connectivity index (χ3n) is 4.11. The van der Waals surface area contributed by atoms with Crippen LogP contribution in [0.1, 0.15) is 32.6 Å². The zero-order chi connectivity index (χ0) is 11.4. The van der Waals surface area contributed by atoms with E-state index in [4.69, 9.17) is 4.74 Å². The average Bonchev–Trinajstić information content (AvgIpc) is 2.71. The van der Waals surface area contributed by atoms with Crippen molar-refractivity contribution in [3.63, 3.8) is 0 Å². The highest BCUT2D eigenvalue weighted by atomic mass is 16.5. The van der Waals surface area contributed by atoms with Gasteiger partial charge in [0.25, 0.3) is 0 Å². The van der Waals surface area contributed by atoms with Crippen molar-refractivity contribution < 1.29 is 4.74 Å². The number of unbranched alkanes of at least 4 members (excludes halogenated alkanes) is 1. The van der Waals surface area contributed by atoms with Gasteiger partial charge >= 0.3 is 0 Å². The first-order chi connectivity index (χ1) is 7.81. The summed E-state index contributed by atoms with van der Waals surface area (Å²) in [4.78, 5) is 5.37. The zero-order valence-corrected chi connectivity index (χ0v) is 10.8. The van der Waals surface area contributed by atoms with Gasteiger partial charge in [0, 0.05) is 38.9 Å². The van der Waals surface area contributed by atoms with Gasteiger partial charge in [0.2, 0.25) is 0 Å². The van der Waals surface area contributed by atoms with E-state index in [9.17, 15) is 0 Å². The molecule has 0 aliphatic carbocycles. The Hall–Kier alpha value is -0.120. The van der Waals surface area contributed by atoms with Crippen molar-refractivity contribution >= 4 is 0 Å². The molecule has 2 rings (SSSR count). The molecule has 2 aliphatic heterocycles. The van der Waals surface area contributed by atoms with E-state index < -0.39 is 0 Å². The molecule has 0 N–H and O–H groups in total. The summed E-state index contributed by atoms with van der Waals surface area (Å²) in [6.07, 6.45) is 5.31. The van der Waals surface area contributed by atoms with Crippen molar-refractivity contribution in [2.24, 2.45) is 0 Å². The van der Waals surface area contributed by atoms with Crippen LogP contribution in [0, 0.1) is 0 Å². The molecular formula is C13H26N2O. The highest BCUT2D eigenvalue weighted by Gasteiger charge is 2.33. The van der Waals surface area contributed by atoms with Crippen LogP contribution in [-0.4, -0.2) is 61.8 Å². The minimum Gasteiger partial charge on any atom is -0.385 e. The lowest BCUT2D eigenvalue weighted by Crippen LogP contribution is -2.55. The van der Waals surface area contributed by atoms with Crippen LogP contribution >= 0.6 is 0 Å². The number of ether oxygens (including phenoxy) is 1. The molecule has 0 aromatic heterocycles. The Bertz CT molecular complexity index is 210. The molecule has 0 amide bonds. The van der Waals surface area contributed by atoms with Gasteiger partial charge in [0.1, 0.15) is 0 Å². The molecule has 0 saturated carbocycles. The van der Waals surface area contributed by atoms with E-state index >= 15 is 0 Å². The second kappa shape index (κ2) is 5.99. The monoisotopic (exact) mass is 226 g/mol. The number of fused-ring (bicyclic) bond motifs is 1. The van der Waals surface area contributed by atoms with Gasteiger partial charge in [-0.1, -0.05) is 0 Å². The molecule has 0 bridgehead atoms. The summed E-state index contributed by atoms with van der Waals surface area (Å²) in [5.41, 5.74) is 0. The molecule has 2 unspecified atom stereocenters. The number of nitrogens with zero attached hydrogens (tertiary/aromatic N) is 2. The van der Waals surface area contributed by atoms with Gasteiger partial charge in [0.05, 0.1) is 0 Å². The summed E-state index contributed by atoms with van der Waals surface area (Å²) in [5.74, 6) is 0. The third-order valence-corrected chi connectivity index (χ3v) is 4.11. The summed E-state index contributed by atoms with van der Waals surface area (Å²) in [7, 11) is 1.79. The van der Waals surface area contributed by atoms with E-state index in [-0.39, 0.29) is 0 Å². The zero-order valence-electron chi connectivity index (χ0n) is 10.8. The molecule has 3 nitrogen and oxygen atoms in total. The number of methoxy groups -OCH3 is 1. The van der Waals surface area contributed by atoms with E-state index in [2.05, 4.69) is 16.7 Å². The predicted molar refractivity (Wildman–Crippen MR) is 66.7 cm³/mol. The quantitative estimate of drug-likeness (QED) is 0.662. The molecule has 2 fully saturated rings. The fourth-order valence-corrected chi connectivity index (χ4v) is 3.12. The van der Waals surface area contributed by atoms with Crippen molar-refractivity contribution in [1.29, 1.82) is 0 Å². The van der Waals surface area contributed by atoms with Gasteiger partial charge in [-0.25, -0.2) is 0 Å². The van der Waals surface area contributed by atoms with Gasteiger partial charge in [-0.2, -0.15) is 0 Å². The Morgan fingerprint density at radius 1 is 1.25 bits per heavy atom. The lowest BCUT2D eigenvalue weighted by Gasteiger charge is -2.42. The smallest absolute Gasteiger partial charge is 0.0462 e. The minimum atomic E-state index is 0.747. The third kappa shape index (κ3) is 2.96. The second-order valence-corrected chi connectivity index (χ2v) is 5.33. The van der Waals surface area contributed by atoms with Crippen LogP contribution in [-0.2, 0) is 4.74 Å². The summed E-state index contributed by atoms with van der Waals surface area (Å²) < 4.78 is 5.10. The van der Waals surface area contributed by atoms with Crippen LogP contribution in [0.5, 0.6) is 0 Å². The average molecular weight is 226 g/mol. The Morgan fingerprint density at radius 3 is 2.94 bits per heavy atom. The van der Waals surface area contributed by atoms with Crippen LogP contribution in [0.3, 0.4) is 0 Å². The molecule has 2 saturated heterocycles. The SMILES string of the molecule is COCCCCN1CC2CCCN2CC1C. The first-order valence-corrected chi connectivity index (χ1v) is 6.78. The molecular weight excluding hydrogens is 200 g/mol. The summed E-state index contributed by atoms with van der Waals surface area (Å²) >= 11 is 0. The van der Waals surface area contributed by atoms with Crippen molar-refractivity contribution in [2.45, 2.75) is 44.7 Å². The van der Waals surface area contributed by atoms with E-state index in [0.717, 1.165) is 18.7 Å². The summed E-state index contributed by atoms with van der Waals surface area (Å²) in [6.45, 7) is 8.48. The van der Waals surface area contributed by atoms with Crippen molar-refractivity contribution in [2.75, 3.05) is 39.9 Å². The number of hydrogen-bond donors (Lipinski definition) is 0. The number of piperazine rings is 1. The van der Waals surface area contributed by atoms with Gasteiger partial charge in [-0.05, 0) is 45.7 Å². The Labute approximate surface area is 99.7 Å². The van der Waals surface area contributed by atoms with Crippen molar-refractivity contribution in [3.05, 3.63) is 0 Å². The van der Waals surface area contributed by atoms with Crippen LogP contribution in [0.15, 0.2) is 0 Å². The van der Waals surface area contributed by atoms with Gasteiger partial charge in [-0.3, -0.25) is 9.80 Å². The molecule has 0 aromatic rings. The van der Waals surface area contributed by atoms with Crippen molar-refractivity contribution in [1.82, 2.24) is 9.80 Å². The maximum Gasteiger partial charge on any atom is 0.0462 e. The molecule has 16 heavy (non-hydrogen) atoms. The maximum atomic E-state index is 5.10. The highest BCUT2D eigenvalue weighted by molar-refractivity contribution is 4.90. The Morgan fingerprint density at radius 2 is 2.12 bits per heavy atom. The lowest BCUT2D eigenvalue weighted by atomic mass is 10.1. The molecule has 0 aromatic carbocycles. The van der Waals surface area contributed by atoms with Crippen LogP contribution in [0.2, 0.25) is 0 Å². The minimum absolute atomic E-state index is 0.747. The number of hydrogen-bond acceptors (Lipinski definition) is 3. The second-order valence-electron chi connectivity index (χ2n) is 5.33. The fourth-order valence-electron chi connectivity index (χ4n) is 3.12. The van der Waals surface area contributed by atoms with Crippen LogP contribution < -0.4 is 0 Å². The van der Waals surface area contributed by atoms with Gasteiger partial charge < -0.3 is 4.74 Å². The van der Waals surface area contributed by atoms with Crippen LogP contribution in [0.4, 0.5) is 0 Å². The largest absolute Gasteiger partial charge is 0.385 e. The van der Waals surface area contributed by atoms with Gasteiger partial charge in [-0.15, -0.1) is 0 Å². The van der Waals surface area contributed by atoms with Crippen LogP contribution in [0.25, 0.3) is 0 Å². The fraction of sp³-hybridized carbons (Fsp3) is 1.00. The van der Waals surface area contributed by atoms with E-state index in [1.807, 2.05) is 0 Å². The molecule has 3 heteroatoms. The molecule has 0 radical (unpaired) electrons. The van der Waals surface area contributed by atoms with E-state index in [1.165, 1.54) is 51.9 Å². The first kappa shape index (κ1) is 12.3. The predicted octanol–water partition coefficient (Wildman–Crippen LogP) is 1.58. The topological polar surface area (TPSA) is 15.7 Å².